The first-order valence-corrected chi connectivity index (χ1v) is 13.8. The molecule has 0 unspecified atom stereocenters. The highest BCUT2D eigenvalue weighted by Crippen LogP contribution is 2.36. The molecule has 4 rings (SSSR count). The maximum absolute atomic E-state index is 15.4. The summed E-state index contributed by atoms with van der Waals surface area (Å²) in [6.45, 7) is 1.68. The minimum Gasteiger partial charge on any atom is -0.481 e. The molecule has 1 amide bonds. The van der Waals surface area contributed by atoms with E-state index >= 15 is 4.39 Å². The van der Waals surface area contributed by atoms with Gasteiger partial charge in [0.2, 0.25) is 15.9 Å². The lowest BCUT2D eigenvalue weighted by molar-refractivity contribution is -0.137. The van der Waals surface area contributed by atoms with Crippen LogP contribution in [-0.4, -0.2) is 41.1 Å². The number of nitrogens with one attached hydrogen (secondary N) is 3. The van der Waals surface area contributed by atoms with Crippen LogP contribution in [0.3, 0.4) is 0 Å². The Kier molecular flexibility index (Phi) is 8.24. The molecule has 0 fully saturated rings. The average molecular weight is 557 g/mol. The molecule has 0 saturated carbocycles. The van der Waals surface area contributed by atoms with Gasteiger partial charge in [-0.15, -0.1) is 0 Å². The number of carbonyl (C=O) groups is 2. The summed E-state index contributed by atoms with van der Waals surface area (Å²) in [6.07, 6.45) is 3.57. The Balaban J connectivity index is 1.61. The van der Waals surface area contributed by atoms with Gasteiger partial charge >= 0.3 is 5.97 Å². The predicted octanol–water partition coefficient (Wildman–Crippen LogP) is 5.52. The summed E-state index contributed by atoms with van der Waals surface area (Å²) in [5, 5.41) is 11.8. The van der Waals surface area contributed by atoms with Crippen molar-refractivity contribution in [1.82, 2.24) is 9.97 Å². The fraction of sp³-hybridized carbons (Fsp3) is 0.222. The van der Waals surface area contributed by atoms with E-state index in [0.29, 0.717) is 28.7 Å². The second-order valence-electron chi connectivity index (χ2n) is 8.90. The van der Waals surface area contributed by atoms with Gasteiger partial charge in [-0.3, -0.25) is 14.3 Å². The summed E-state index contributed by atoms with van der Waals surface area (Å²) in [7, 11) is -3.79. The third-order valence-corrected chi connectivity index (χ3v) is 7.40. The molecule has 12 heteroatoms. The number of sulfonamides is 1. The number of aromatic amines is 1. The SMILES string of the molecule is CCCS(=O)(=O)Nc1ccc(F)c(-c2c[nH]c3ncc(-c4ccc(NC(=O)CCCC(=O)O)cc4)cc23)c1F. The summed E-state index contributed by atoms with van der Waals surface area (Å²) in [5.41, 5.74) is 1.72. The van der Waals surface area contributed by atoms with E-state index in [1.807, 2.05) is 0 Å². The van der Waals surface area contributed by atoms with Crippen molar-refractivity contribution in [3.8, 4) is 22.3 Å². The van der Waals surface area contributed by atoms with E-state index in [0.717, 1.165) is 17.7 Å². The van der Waals surface area contributed by atoms with Crippen molar-refractivity contribution >= 4 is 44.3 Å². The van der Waals surface area contributed by atoms with Crippen molar-refractivity contribution < 1.29 is 31.9 Å². The van der Waals surface area contributed by atoms with Crippen molar-refractivity contribution in [3.63, 3.8) is 0 Å². The molecule has 2 aromatic heterocycles. The Morgan fingerprint density at radius 1 is 1.05 bits per heavy atom. The number of hydrogen-bond donors (Lipinski definition) is 4. The summed E-state index contributed by atoms with van der Waals surface area (Å²) in [4.78, 5) is 29.9. The normalized spacial score (nSPS) is 11.5. The molecule has 9 nitrogen and oxygen atoms in total. The first-order valence-electron chi connectivity index (χ1n) is 12.2. The van der Waals surface area contributed by atoms with Gasteiger partial charge in [-0.2, -0.15) is 0 Å². The number of anilines is 2. The number of benzene rings is 2. The Morgan fingerprint density at radius 3 is 2.49 bits per heavy atom. The zero-order chi connectivity index (χ0) is 28.2. The maximum Gasteiger partial charge on any atom is 0.303 e. The third-order valence-electron chi connectivity index (χ3n) is 5.93. The molecule has 0 saturated heterocycles. The van der Waals surface area contributed by atoms with E-state index in [9.17, 15) is 22.4 Å². The molecule has 0 spiro atoms. The van der Waals surface area contributed by atoms with Gasteiger partial charge in [-0.25, -0.2) is 22.2 Å². The quantitative estimate of drug-likeness (QED) is 0.192. The first-order chi connectivity index (χ1) is 18.6. The Bertz CT molecular complexity index is 1640. The van der Waals surface area contributed by atoms with Crippen LogP contribution in [0.5, 0.6) is 0 Å². The lowest BCUT2D eigenvalue weighted by Gasteiger charge is -2.12. The second kappa shape index (κ2) is 11.6. The number of halogens is 2. The Hall–Kier alpha value is -4.32. The molecule has 2 aromatic carbocycles. The summed E-state index contributed by atoms with van der Waals surface area (Å²) < 4.78 is 56.8. The van der Waals surface area contributed by atoms with Crippen LogP contribution >= 0.6 is 0 Å². The highest BCUT2D eigenvalue weighted by molar-refractivity contribution is 7.92. The van der Waals surface area contributed by atoms with E-state index in [1.54, 1.807) is 43.5 Å². The molecule has 0 aliphatic rings. The number of fused-ring (bicyclic) bond motifs is 1. The van der Waals surface area contributed by atoms with Gasteiger partial charge in [-0.05, 0) is 48.7 Å². The molecule has 0 aliphatic carbocycles. The zero-order valence-electron chi connectivity index (χ0n) is 20.9. The predicted molar refractivity (Wildman–Crippen MR) is 145 cm³/mol. The number of nitrogens with zero attached hydrogens (tertiary/aromatic N) is 1. The smallest absolute Gasteiger partial charge is 0.303 e. The van der Waals surface area contributed by atoms with E-state index in [4.69, 9.17) is 5.11 Å². The van der Waals surface area contributed by atoms with Crippen LogP contribution < -0.4 is 10.0 Å². The summed E-state index contributed by atoms with van der Waals surface area (Å²) in [5.74, 6) is -3.36. The molecule has 2 heterocycles. The average Bonchev–Trinajstić information content (AvgIpc) is 3.29. The van der Waals surface area contributed by atoms with E-state index in [-0.39, 0.29) is 42.2 Å². The molecule has 0 bridgehead atoms. The van der Waals surface area contributed by atoms with Crippen LogP contribution in [0.4, 0.5) is 20.2 Å². The zero-order valence-corrected chi connectivity index (χ0v) is 21.7. The number of pyridine rings is 1. The van der Waals surface area contributed by atoms with Crippen LogP contribution in [0, 0.1) is 11.6 Å². The largest absolute Gasteiger partial charge is 0.481 e. The number of aliphatic carboxylic acids is 1. The van der Waals surface area contributed by atoms with Gasteiger partial charge < -0.3 is 15.4 Å². The van der Waals surface area contributed by atoms with E-state index in [1.165, 1.54) is 6.20 Å². The number of aromatic nitrogens is 2. The number of amides is 1. The third kappa shape index (κ3) is 6.58. The number of carbonyl (C=O) groups excluding carboxylic acids is 1. The van der Waals surface area contributed by atoms with Crippen LogP contribution in [0.25, 0.3) is 33.3 Å². The van der Waals surface area contributed by atoms with Gasteiger partial charge in [0.25, 0.3) is 0 Å². The van der Waals surface area contributed by atoms with Crippen LogP contribution in [0.2, 0.25) is 0 Å². The second-order valence-corrected chi connectivity index (χ2v) is 10.7. The molecule has 0 atom stereocenters. The van der Waals surface area contributed by atoms with Crippen molar-refractivity contribution in [2.24, 2.45) is 0 Å². The molecular weight excluding hydrogens is 530 g/mol. The highest BCUT2D eigenvalue weighted by Gasteiger charge is 2.22. The molecule has 0 aliphatic heterocycles. The molecular formula is C27H26F2N4O5S. The van der Waals surface area contributed by atoms with Crippen LogP contribution in [0.15, 0.2) is 54.9 Å². The van der Waals surface area contributed by atoms with Crippen molar-refractivity contribution in [3.05, 3.63) is 66.5 Å². The molecule has 204 valence electrons. The summed E-state index contributed by atoms with van der Waals surface area (Å²) in [6, 6.07) is 10.6. The number of hydrogen-bond acceptors (Lipinski definition) is 5. The monoisotopic (exact) mass is 556 g/mol. The number of carboxylic acid groups (broad SMARTS) is 1. The Morgan fingerprint density at radius 2 is 1.79 bits per heavy atom. The minimum absolute atomic E-state index is 0.0826. The number of H-pyrrole nitrogens is 1. The van der Waals surface area contributed by atoms with Crippen molar-refractivity contribution in [1.29, 1.82) is 0 Å². The van der Waals surface area contributed by atoms with Gasteiger partial charge in [0.1, 0.15) is 11.5 Å². The minimum atomic E-state index is -3.79. The van der Waals surface area contributed by atoms with Gasteiger partial charge in [-0.1, -0.05) is 19.1 Å². The standard InChI is InChI=1S/C27H26F2N4O5S/c1-2-12-39(37,38)33-22-11-10-21(28)25(26(22)29)20-15-31-27-19(20)13-17(14-30-27)16-6-8-18(9-7-16)32-23(34)4-3-5-24(35)36/h6-11,13-15,33H,2-5,12H2,1H3,(H,30,31)(H,32,34)(H,35,36). The fourth-order valence-electron chi connectivity index (χ4n) is 4.10. The van der Waals surface area contributed by atoms with Crippen LogP contribution in [-0.2, 0) is 19.6 Å². The van der Waals surface area contributed by atoms with Crippen molar-refractivity contribution in [2.45, 2.75) is 32.6 Å². The Labute approximate surface area is 223 Å². The van der Waals surface area contributed by atoms with Crippen molar-refractivity contribution in [2.75, 3.05) is 15.8 Å². The van der Waals surface area contributed by atoms with Gasteiger partial charge in [0, 0.05) is 47.4 Å². The van der Waals surface area contributed by atoms with Crippen LogP contribution in [0.1, 0.15) is 32.6 Å². The summed E-state index contributed by atoms with van der Waals surface area (Å²) >= 11 is 0. The number of carboxylic acids is 1. The maximum atomic E-state index is 15.4. The first kappa shape index (κ1) is 27.7. The van der Waals surface area contributed by atoms with E-state index < -0.39 is 33.2 Å². The van der Waals surface area contributed by atoms with Gasteiger partial charge in [0.05, 0.1) is 17.0 Å². The lowest BCUT2D eigenvalue weighted by atomic mass is 10.0. The lowest BCUT2D eigenvalue weighted by Crippen LogP contribution is -2.17. The molecule has 39 heavy (non-hydrogen) atoms. The molecule has 4 N–H and O–H groups in total. The van der Waals surface area contributed by atoms with Gasteiger partial charge in [0.15, 0.2) is 5.82 Å². The van der Waals surface area contributed by atoms with E-state index in [2.05, 4.69) is 20.0 Å². The molecule has 0 radical (unpaired) electrons. The molecule has 4 aromatic rings. The topological polar surface area (TPSA) is 141 Å². The number of rotatable bonds is 11. The highest BCUT2D eigenvalue weighted by atomic mass is 32.2. The fourth-order valence-corrected chi connectivity index (χ4v) is 5.24.